The third kappa shape index (κ3) is 3.59. The lowest BCUT2D eigenvalue weighted by Gasteiger charge is -2.08. The first kappa shape index (κ1) is 13.2. The van der Waals surface area contributed by atoms with Crippen LogP contribution in [0.1, 0.15) is 12.5 Å². The van der Waals surface area contributed by atoms with E-state index in [1.165, 1.54) is 0 Å². The SMILES string of the molecule is C[C@@H](NCc1cnc(-c2ccccc2)nc1)C(=O)O. The zero-order valence-corrected chi connectivity index (χ0v) is 10.6. The number of aromatic nitrogens is 2. The molecule has 1 aromatic carbocycles. The fourth-order valence-electron chi connectivity index (χ4n) is 1.54. The first-order chi connectivity index (χ1) is 9.16. The predicted octanol–water partition coefficient (Wildman–Crippen LogP) is 1.71. The van der Waals surface area contributed by atoms with E-state index in [9.17, 15) is 4.79 Å². The lowest BCUT2D eigenvalue weighted by Crippen LogP contribution is -2.33. The highest BCUT2D eigenvalue weighted by atomic mass is 16.4. The summed E-state index contributed by atoms with van der Waals surface area (Å²) in [4.78, 5) is 19.2. The molecule has 5 heteroatoms. The van der Waals surface area contributed by atoms with Crippen molar-refractivity contribution in [2.75, 3.05) is 0 Å². The number of hydrogen-bond donors (Lipinski definition) is 2. The normalized spacial score (nSPS) is 12.1. The number of nitrogens with one attached hydrogen (secondary N) is 1. The van der Waals surface area contributed by atoms with Gasteiger partial charge in [-0.2, -0.15) is 0 Å². The molecule has 2 N–H and O–H groups in total. The molecule has 0 fully saturated rings. The van der Waals surface area contributed by atoms with Crippen LogP contribution in [-0.2, 0) is 11.3 Å². The summed E-state index contributed by atoms with van der Waals surface area (Å²) >= 11 is 0. The van der Waals surface area contributed by atoms with Crippen molar-refractivity contribution in [3.8, 4) is 11.4 Å². The van der Waals surface area contributed by atoms with Crippen LogP contribution in [0.3, 0.4) is 0 Å². The number of aliphatic carboxylic acids is 1. The molecule has 0 amide bonds. The van der Waals surface area contributed by atoms with Crippen LogP contribution in [0.15, 0.2) is 42.7 Å². The van der Waals surface area contributed by atoms with Gasteiger partial charge in [-0.25, -0.2) is 9.97 Å². The molecule has 98 valence electrons. The molecular weight excluding hydrogens is 242 g/mol. The molecule has 0 aliphatic rings. The quantitative estimate of drug-likeness (QED) is 0.852. The second kappa shape index (κ2) is 6.06. The number of hydrogen-bond acceptors (Lipinski definition) is 4. The van der Waals surface area contributed by atoms with E-state index in [0.29, 0.717) is 12.4 Å². The molecule has 0 saturated heterocycles. The molecule has 1 heterocycles. The molecule has 0 saturated carbocycles. The van der Waals surface area contributed by atoms with E-state index in [2.05, 4.69) is 15.3 Å². The van der Waals surface area contributed by atoms with Crippen molar-refractivity contribution in [3.63, 3.8) is 0 Å². The van der Waals surface area contributed by atoms with Crippen LogP contribution >= 0.6 is 0 Å². The number of carboxylic acid groups (broad SMARTS) is 1. The Balaban J connectivity index is 2.01. The molecular formula is C14H15N3O2. The summed E-state index contributed by atoms with van der Waals surface area (Å²) in [5.41, 5.74) is 1.81. The smallest absolute Gasteiger partial charge is 0.320 e. The van der Waals surface area contributed by atoms with Crippen LogP contribution in [0.25, 0.3) is 11.4 Å². The molecule has 19 heavy (non-hydrogen) atoms. The monoisotopic (exact) mass is 257 g/mol. The van der Waals surface area contributed by atoms with Crippen LogP contribution in [0, 0.1) is 0 Å². The maximum absolute atomic E-state index is 10.7. The van der Waals surface area contributed by atoms with Gasteiger partial charge in [-0.3, -0.25) is 4.79 Å². The van der Waals surface area contributed by atoms with Gasteiger partial charge in [0, 0.05) is 30.1 Å². The molecule has 2 rings (SSSR count). The summed E-state index contributed by atoms with van der Waals surface area (Å²) in [5.74, 6) is -0.211. The standard InChI is InChI=1S/C14H15N3O2/c1-10(14(18)19)15-7-11-8-16-13(17-9-11)12-5-3-2-4-6-12/h2-6,8-10,15H,7H2,1H3,(H,18,19)/t10-/m1/s1. The second-order valence-electron chi connectivity index (χ2n) is 4.22. The van der Waals surface area contributed by atoms with E-state index >= 15 is 0 Å². The lowest BCUT2D eigenvalue weighted by molar-refractivity contribution is -0.139. The predicted molar refractivity (Wildman–Crippen MR) is 71.4 cm³/mol. The van der Waals surface area contributed by atoms with Gasteiger partial charge in [0.1, 0.15) is 6.04 Å². The van der Waals surface area contributed by atoms with Gasteiger partial charge in [-0.05, 0) is 6.92 Å². The van der Waals surface area contributed by atoms with Gasteiger partial charge in [0.2, 0.25) is 0 Å². The van der Waals surface area contributed by atoms with Crippen LogP contribution in [0.5, 0.6) is 0 Å². The summed E-state index contributed by atoms with van der Waals surface area (Å²) in [6.07, 6.45) is 3.41. The van der Waals surface area contributed by atoms with E-state index < -0.39 is 12.0 Å². The number of rotatable bonds is 5. The van der Waals surface area contributed by atoms with Crippen molar-refractivity contribution in [1.29, 1.82) is 0 Å². The van der Waals surface area contributed by atoms with Crippen LogP contribution in [0.2, 0.25) is 0 Å². The Morgan fingerprint density at radius 2 is 1.89 bits per heavy atom. The van der Waals surface area contributed by atoms with Gasteiger partial charge in [0.25, 0.3) is 0 Å². The maximum atomic E-state index is 10.7. The lowest BCUT2D eigenvalue weighted by atomic mass is 10.2. The molecule has 2 aromatic rings. The van der Waals surface area contributed by atoms with Gasteiger partial charge < -0.3 is 10.4 Å². The first-order valence-electron chi connectivity index (χ1n) is 5.99. The summed E-state index contributed by atoms with van der Waals surface area (Å²) in [7, 11) is 0. The topological polar surface area (TPSA) is 75.1 Å². The Labute approximate surface area is 111 Å². The molecule has 0 unspecified atom stereocenters. The summed E-state index contributed by atoms with van der Waals surface area (Å²) < 4.78 is 0. The Morgan fingerprint density at radius 1 is 1.26 bits per heavy atom. The Kier molecular flexibility index (Phi) is 4.20. The third-order valence-electron chi connectivity index (χ3n) is 2.72. The van der Waals surface area contributed by atoms with Crippen molar-refractivity contribution in [2.24, 2.45) is 0 Å². The van der Waals surface area contributed by atoms with Gasteiger partial charge in [0.15, 0.2) is 5.82 Å². The van der Waals surface area contributed by atoms with Crippen molar-refractivity contribution in [3.05, 3.63) is 48.3 Å². The maximum Gasteiger partial charge on any atom is 0.320 e. The van der Waals surface area contributed by atoms with Crippen LogP contribution in [-0.4, -0.2) is 27.1 Å². The molecule has 0 aliphatic carbocycles. The highest BCUT2D eigenvalue weighted by Crippen LogP contribution is 2.13. The van der Waals surface area contributed by atoms with Crippen molar-refractivity contribution in [1.82, 2.24) is 15.3 Å². The van der Waals surface area contributed by atoms with E-state index in [-0.39, 0.29) is 0 Å². The third-order valence-corrected chi connectivity index (χ3v) is 2.72. The van der Waals surface area contributed by atoms with Gasteiger partial charge >= 0.3 is 5.97 Å². The fourth-order valence-corrected chi connectivity index (χ4v) is 1.54. The number of nitrogens with zero attached hydrogens (tertiary/aromatic N) is 2. The van der Waals surface area contributed by atoms with Gasteiger partial charge in [0.05, 0.1) is 0 Å². The Bertz CT molecular complexity index is 540. The van der Waals surface area contributed by atoms with Crippen molar-refractivity contribution < 1.29 is 9.90 Å². The molecule has 1 atom stereocenters. The zero-order valence-electron chi connectivity index (χ0n) is 10.6. The molecule has 0 spiro atoms. The number of benzene rings is 1. The molecule has 1 aromatic heterocycles. The highest BCUT2D eigenvalue weighted by molar-refractivity contribution is 5.72. The highest BCUT2D eigenvalue weighted by Gasteiger charge is 2.09. The van der Waals surface area contributed by atoms with E-state index in [1.807, 2.05) is 30.3 Å². The van der Waals surface area contributed by atoms with Crippen molar-refractivity contribution in [2.45, 2.75) is 19.5 Å². The Morgan fingerprint density at radius 3 is 2.47 bits per heavy atom. The fraction of sp³-hybridized carbons (Fsp3) is 0.214. The van der Waals surface area contributed by atoms with Gasteiger partial charge in [-0.15, -0.1) is 0 Å². The summed E-state index contributed by atoms with van der Waals surface area (Å²) in [6, 6.07) is 9.11. The molecule has 0 radical (unpaired) electrons. The van der Waals surface area contributed by atoms with Crippen LogP contribution in [0.4, 0.5) is 0 Å². The molecule has 0 bridgehead atoms. The number of carboxylic acids is 1. The molecule has 0 aliphatic heterocycles. The first-order valence-corrected chi connectivity index (χ1v) is 5.99. The number of carbonyl (C=O) groups is 1. The minimum atomic E-state index is -0.873. The minimum Gasteiger partial charge on any atom is -0.480 e. The summed E-state index contributed by atoms with van der Waals surface area (Å²) in [5, 5.41) is 11.6. The summed E-state index contributed by atoms with van der Waals surface area (Å²) in [6.45, 7) is 2.03. The van der Waals surface area contributed by atoms with Crippen molar-refractivity contribution >= 4 is 5.97 Å². The van der Waals surface area contributed by atoms with Gasteiger partial charge in [-0.1, -0.05) is 30.3 Å². The molecule has 5 nitrogen and oxygen atoms in total. The largest absolute Gasteiger partial charge is 0.480 e. The average Bonchev–Trinajstić information content (AvgIpc) is 2.46. The Hall–Kier alpha value is -2.27. The van der Waals surface area contributed by atoms with E-state index in [0.717, 1.165) is 11.1 Å². The van der Waals surface area contributed by atoms with E-state index in [1.54, 1.807) is 19.3 Å². The second-order valence-corrected chi connectivity index (χ2v) is 4.22. The average molecular weight is 257 g/mol. The minimum absolute atomic E-state index is 0.433. The van der Waals surface area contributed by atoms with E-state index in [4.69, 9.17) is 5.11 Å². The van der Waals surface area contributed by atoms with Crippen LogP contribution < -0.4 is 5.32 Å². The zero-order chi connectivity index (χ0) is 13.7.